The van der Waals surface area contributed by atoms with Crippen molar-refractivity contribution >= 4 is 17.7 Å². The largest absolute Gasteiger partial charge is 0.339 e. The SMILES string of the molecule is Cc1cccc(C(=O)N2CCN(C(=O)C3CC(=O)N(C(C)c4ccccc4)C3)CC2)c1. The molecule has 2 atom stereocenters. The highest BCUT2D eigenvalue weighted by Gasteiger charge is 2.39. The van der Waals surface area contributed by atoms with Gasteiger partial charge in [0.2, 0.25) is 11.8 Å². The fraction of sp³-hybridized carbons (Fsp3) is 0.400. The van der Waals surface area contributed by atoms with E-state index < -0.39 is 0 Å². The number of carbonyl (C=O) groups is 3. The highest BCUT2D eigenvalue weighted by atomic mass is 16.2. The summed E-state index contributed by atoms with van der Waals surface area (Å²) in [7, 11) is 0. The summed E-state index contributed by atoms with van der Waals surface area (Å²) in [6.07, 6.45) is 0.262. The molecule has 0 aromatic heterocycles. The summed E-state index contributed by atoms with van der Waals surface area (Å²) in [5.41, 5.74) is 2.82. The molecular formula is C25H29N3O3. The van der Waals surface area contributed by atoms with Crippen molar-refractivity contribution < 1.29 is 14.4 Å². The molecule has 4 rings (SSSR count). The molecule has 2 heterocycles. The van der Waals surface area contributed by atoms with Gasteiger partial charge in [0.1, 0.15) is 0 Å². The second kappa shape index (κ2) is 8.92. The minimum Gasteiger partial charge on any atom is -0.339 e. The second-order valence-electron chi connectivity index (χ2n) is 8.52. The molecule has 0 saturated carbocycles. The molecule has 6 nitrogen and oxygen atoms in total. The van der Waals surface area contributed by atoms with E-state index >= 15 is 0 Å². The summed E-state index contributed by atoms with van der Waals surface area (Å²) in [6.45, 7) is 6.49. The van der Waals surface area contributed by atoms with Gasteiger partial charge in [-0.05, 0) is 31.5 Å². The number of likely N-dealkylation sites (tertiary alicyclic amines) is 1. The van der Waals surface area contributed by atoms with E-state index in [1.54, 1.807) is 0 Å². The average molecular weight is 420 g/mol. The summed E-state index contributed by atoms with van der Waals surface area (Å²) >= 11 is 0. The maximum Gasteiger partial charge on any atom is 0.253 e. The van der Waals surface area contributed by atoms with Gasteiger partial charge in [0, 0.05) is 44.7 Å². The Morgan fingerprint density at radius 2 is 1.61 bits per heavy atom. The van der Waals surface area contributed by atoms with Gasteiger partial charge in [0.05, 0.1) is 12.0 Å². The molecular weight excluding hydrogens is 390 g/mol. The Morgan fingerprint density at radius 1 is 0.935 bits per heavy atom. The molecule has 0 aliphatic carbocycles. The molecule has 0 N–H and O–H groups in total. The van der Waals surface area contributed by atoms with Crippen molar-refractivity contribution in [3.63, 3.8) is 0 Å². The van der Waals surface area contributed by atoms with Crippen LogP contribution in [-0.4, -0.2) is 65.1 Å². The Labute approximate surface area is 183 Å². The van der Waals surface area contributed by atoms with Gasteiger partial charge in [-0.1, -0.05) is 48.0 Å². The Balaban J connectivity index is 1.34. The third-order valence-electron chi connectivity index (χ3n) is 6.40. The van der Waals surface area contributed by atoms with Crippen LogP contribution < -0.4 is 0 Å². The minimum absolute atomic E-state index is 0.00899. The summed E-state index contributed by atoms with van der Waals surface area (Å²) in [6, 6.07) is 17.5. The molecule has 6 heteroatoms. The highest BCUT2D eigenvalue weighted by Crippen LogP contribution is 2.29. The summed E-state index contributed by atoms with van der Waals surface area (Å²) in [4.78, 5) is 43.9. The van der Waals surface area contributed by atoms with E-state index in [1.165, 1.54) is 0 Å². The van der Waals surface area contributed by atoms with E-state index in [0.29, 0.717) is 38.3 Å². The van der Waals surface area contributed by atoms with Gasteiger partial charge >= 0.3 is 0 Å². The number of hydrogen-bond acceptors (Lipinski definition) is 3. The molecule has 0 bridgehead atoms. The van der Waals surface area contributed by atoms with Crippen LogP contribution >= 0.6 is 0 Å². The van der Waals surface area contributed by atoms with Crippen molar-refractivity contribution in [1.82, 2.24) is 14.7 Å². The first kappa shape index (κ1) is 21.1. The zero-order chi connectivity index (χ0) is 22.0. The number of carbonyl (C=O) groups excluding carboxylic acids is 3. The molecule has 2 unspecified atom stereocenters. The fourth-order valence-corrected chi connectivity index (χ4v) is 4.53. The van der Waals surface area contributed by atoms with Crippen molar-refractivity contribution in [2.45, 2.75) is 26.3 Å². The van der Waals surface area contributed by atoms with Crippen LogP contribution in [0, 0.1) is 12.8 Å². The average Bonchev–Trinajstić information content (AvgIpc) is 3.20. The maximum absolute atomic E-state index is 13.1. The standard InChI is InChI=1S/C25H29N3O3/c1-18-7-6-10-21(15-18)24(30)26-11-13-27(14-12-26)25(31)22-16-23(29)28(17-22)19(2)20-8-4-3-5-9-20/h3-10,15,19,22H,11-14,16-17H2,1-2H3. The van der Waals surface area contributed by atoms with Gasteiger partial charge in [-0.15, -0.1) is 0 Å². The van der Waals surface area contributed by atoms with E-state index in [9.17, 15) is 14.4 Å². The first-order valence-electron chi connectivity index (χ1n) is 10.9. The van der Waals surface area contributed by atoms with Crippen LogP contribution in [-0.2, 0) is 9.59 Å². The zero-order valence-electron chi connectivity index (χ0n) is 18.2. The number of amides is 3. The first-order chi connectivity index (χ1) is 14.9. The van der Waals surface area contributed by atoms with Crippen LogP contribution in [0.4, 0.5) is 0 Å². The molecule has 162 valence electrons. The highest BCUT2D eigenvalue weighted by molar-refractivity contribution is 5.94. The topological polar surface area (TPSA) is 60.9 Å². The summed E-state index contributed by atoms with van der Waals surface area (Å²) < 4.78 is 0. The number of nitrogens with zero attached hydrogens (tertiary/aromatic N) is 3. The van der Waals surface area contributed by atoms with Gasteiger partial charge in [0.15, 0.2) is 0 Å². The van der Waals surface area contributed by atoms with Gasteiger partial charge < -0.3 is 14.7 Å². The van der Waals surface area contributed by atoms with Crippen LogP contribution in [0.3, 0.4) is 0 Å². The molecule has 2 saturated heterocycles. The van der Waals surface area contributed by atoms with Gasteiger partial charge in [-0.25, -0.2) is 0 Å². The summed E-state index contributed by atoms with van der Waals surface area (Å²) in [5.74, 6) is -0.242. The van der Waals surface area contributed by atoms with E-state index in [1.807, 2.05) is 83.1 Å². The van der Waals surface area contributed by atoms with E-state index in [2.05, 4.69) is 0 Å². The molecule has 2 aliphatic heterocycles. The Bertz CT molecular complexity index is 967. The zero-order valence-corrected chi connectivity index (χ0v) is 18.2. The van der Waals surface area contributed by atoms with Gasteiger partial charge in [0.25, 0.3) is 5.91 Å². The predicted octanol–water partition coefficient (Wildman–Crippen LogP) is 2.89. The lowest BCUT2D eigenvalue weighted by atomic mass is 10.1. The predicted molar refractivity (Wildman–Crippen MR) is 118 cm³/mol. The number of piperazine rings is 1. The van der Waals surface area contributed by atoms with E-state index in [4.69, 9.17) is 0 Å². The van der Waals surface area contributed by atoms with Crippen molar-refractivity contribution in [2.75, 3.05) is 32.7 Å². The quantitative estimate of drug-likeness (QED) is 0.766. The third-order valence-corrected chi connectivity index (χ3v) is 6.40. The molecule has 0 radical (unpaired) electrons. The number of benzene rings is 2. The van der Waals surface area contributed by atoms with Crippen LogP contribution in [0.2, 0.25) is 0 Å². The second-order valence-corrected chi connectivity index (χ2v) is 8.52. The van der Waals surface area contributed by atoms with Gasteiger partial charge in [-0.2, -0.15) is 0 Å². The maximum atomic E-state index is 13.1. The smallest absolute Gasteiger partial charge is 0.253 e. The lowest BCUT2D eigenvalue weighted by Gasteiger charge is -2.36. The van der Waals surface area contributed by atoms with Crippen LogP contribution in [0.5, 0.6) is 0 Å². The van der Waals surface area contributed by atoms with Gasteiger partial charge in [-0.3, -0.25) is 14.4 Å². The molecule has 0 spiro atoms. The lowest BCUT2D eigenvalue weighted by Crippen LogP contribution is -2.52. The van der Waals surface area contributed by atoms with Crippen LogP contribution in [0.25, 0.3) is 0 Å². The number of hydrogen-bond donors (Lipinski definition) is 0. The minimum atomic E-state index is -0.308. The summed E-state index contributed by atoms with van der Waals surface area (Å²) in [5, 5.41) is 0. The third kappa shape index (κ3) is 4.48. The molecule has 2 fully saturated rings. The molecule has 2 aromatic rings. The Hall–Kier alpha value is -3.15. The molecule has 3 amide bonds. The number of aryl methyl sites for hydroxylation is 1. The molecule has 31 heavy (non-hydrogen) atoms. The monoisotopic (exact) mass is 419 g/mol. The van der Waals surface area contributed by atoms with E-state index in [-0.39, 0.29) is 36.1 Å². The normalized spacial score (nSPS) is 20.1. The molecule has 2 aromatic carbocycles. The fourth-order valence-electron chi connectivity index (χ4n) is 4.53. The van der Waals surface area contributed by atoms with Crippen LogP contribution in [0.15, 0.2) is 54.6 Å². The van der Waals surface area contributed by atoms with Crippen molar-refractivity contribution in [2.24, 2.45) is 5.92 Å². The molecule has 2 aliphatic rings. The number of rotatable bonds is 4. The van der Waals surface area contributed by atoms with E-state index in [0.717, 1.165) is 11.1 Å². The van der Waals surface area contributed by atoms with Crippen molar-refractivity contribution in [1.29, 1.82) is 0 Å². The first-order valence-corrected chi connectivity index (χ1v) is 10.9. The Morgan fingerprint density at radius 3 is 2.29 bits per heavy atom. The van der Waals surface area contributed by atoms with Crippen molar-refractivity contribution in [3.05, 3.63) is 71.3 Å². The Kier molecular flexibility index (Phi) is 6.07. The lowest BCUT2D eigenvalue weighted by molar-refractivity contribution is -0.137. The van der Waals surface area contributed by atoms with Crippen LogP contribution in [0.1, 0.15) is 40.9 Å². The van der Waals surface area contributed by atoms with Crippen molar-refractivity contribution in [3.8, 4) is 0 Å².